The molecule has 1 unspecified atom stereocenters. The van der Waals surface area contributed by atoms with Gasteiger partial charge in [-0.25, -0.2) is 4.98 Å². The van der Waals surface area contributed by atoms with Crippen LogP contribution in [0.15, 0.2) is 29.9 Å². The summed E-state index contributed by atoms with van der Waals surface area (Å²) in [5, 5.41) is 5.36. The first-order valence-corrected chi connectivity index (χ1v) is 6.93. The Morgan fingerprint density at radius 1 is 1.47 bits per heavy atom. The Labute approximate surface area is 115 Å². The number of hydrogen-bond donors (Lipinski definition) is 2. The summed E-state index contributed by atoms with van der Waals surface area (Å²) in [7, 11) is 0. The molecule has 19 heavy (non-hydrogen) atoms. The van der Waals surface area contributed by atoms with Crippen molar-refractivity contribution in [2.24, 2.45) is 5.73 Å². The topological polar surface area (TPSA) is 80.9 Å². The van der Waals surface area contributed by atoms with E-state index in [1.165, 1.54) is 11.3 Å². The molecule has 0 spiro atoms. The fraction of sp³-hybridized carbons (Fsp3) is 0.308. The van der Waals surface area contributed by atoms with Gasteiger partial charge >= 0.3 is 0 Å². The van der Waals surface area contributed by atoms with E-state index >= 15 is 0 Å². The number of thiazole rings is 1. The average molecular weight is 276 g/mol. The molecule has 0 radical (unpaired) electrons. The summed E-state index contributed by atoms with van der Waals surface area (Å²) in [5.41, 5.74) is 7.29. The van der Waals surface area contributed by atoms with Gasteiger partial charge in [0.2, 0.25) is 0 Å². The van der Waals surface area contributed by atoms with E-state index in [0.717, 1.165) is 17.0 Å². The van der Waals surface area contributed by atoms with E-state index in [-0.39, 0.29) is 11.9 Å². The van der Waals surface area contributed by atoms with Crippen LogP contribution in [0.5, 0.6) is 0 Å². The van der Waals surface area contributed by atoms with E-state index in [0.29, 0.717) is 12.2 Å². The average Bonchev–Trinajstić information content (AvgIpc) is 2.89. The predicted octanol–water partition coefficient (Wildman–Crippen LogP) is 1.53. The summed E-state index contributed by atoms with van der Waals surface area (Å²) in [6.07, 6.45) is 4.26. The maximum atomic E-state index is 11.9. The van der Waals surface area contributed by atoms with Gasteiger partial charge in [0.15, 0.2) is 0 Å². The van der Waals surface area contributed by atoms with Crippen LogP contribution < -0.4 is 11.1 Å². The Morgan fingerprint density at radius 2 is 2.21 bits per heavy atom. The van der Waals surface area contributed by atoms with Gasteiger partial charge in [0.05, 0.1) is 6.04 Å². The fourth-order valence-electron chi connectivity index (χ4n) is 1.56. The Balaban J connectivity index is 1.84. The van der Waals surface area contributed by atoms with Gasteiger partial charge in [-0.05, 0) is 31.0 Å². The van der Waals surface area contributed by atoms with Crippen molar-refractivity contribution in [3.63, 3.8) is 0 Å². The second-order valence-electron chi connectivity index (χ2n) is 4.22. The summed E-state index contributed by atoms with van der Waals surface area (Å²) >= 11 is 1.41. The van der Waals surface area contributed by atoms with E-state index in [4.69, 9.17) is 5.73 Å². The molecule has 2 heterocycles. The molecule has 0 bridgehead atoms. The molecule has 5 nitrogen and oxygen atoms in total. The van der Waals surface area contributed by atoms with Gasteiger partial charge < -0.3 is 11.1 Å². The zero-order valence-corrected chi connectivity index (χ0v) is 11.5. The minimum Gasteiger partial charge on any atom is -0.350 e. The minimum absolute atomic E-state index is 0.136. The summed E-state index contributed by atoms with van der Waals surface area (Å²) in [5.74, 6) is -0.155. The molecule has 1 atom stereocenters. The molecule has 1 amide bonds. The van der Waals surface area contributed by atoms with Crippen molar-refractivity contribution >= 4 is 17.2 Å². The number of nitrogens with one attached hydrogen (secondary N) is 1. The Morgan fingerprint density at radius 3 is 2.84 bits per heavy atom. The lowest BCUT2D eigenvalue weighted by molar-refractivity contribution is 0.0949. The molecule has 6 heteroatoms. The first kappa shape index (κ1) is 13.6. The number of hydrogen-bond acceptors (Lipinski definition) is 5. The molecule has 0 aliphatic carbocycles. The zero-order chi connectivity index (χ0) is 13.7. The first-order valence-electron chi connectivity index (χ1n) is 6.05. The van der Waals surface area contributed by atoms with Crippen LogP contribution in [0.4, 0.5) is 0 Å². The fourth-order valence-corrected chi connectivity index (χ4v) is 2.32. The summed E-state index contributed by atoms with van der Waals surface area (Å²) in [6, 6.07) is 3.73. The van der Waals surface area contributed by atoms with Crippen molar-refractivity contribution in [3.8, 4) is 0 Å². The molecule has 2 aromatic rings. The van der Waals surface area contributed by atoms with Crippen molar-refractivity contribution < 1.29 is 4.79 Å². The van der Waals surface area contributed by atoms with E-state index in [1.54, 1.807) is 17.8 Å². The number of nitrogens with zero attached hydrogens (tertiary/aromatic N) is 2. The van der Waals surface area contributed by atoms with Crippen molar-refractivity contribution in [1.82, 2.24) is 15.3 Å². The van der Waals surface area contributed by atoms with Crippen molar-refractivity contribution in [2.75, 3.05) is 6.54 Å². The normalized spacial score (nSPS) is 12.1. The molecule has 2 rings (SSSR count). The van der Waals surface area contributed by atoms with Gasteiger partial charge in [-0.15, -0.1) is 11.3 Å². The summed E-state index contributed by atoms with van der Waals surface area (Å²) < 4.78 is 0. The molecule has 3 N–H and O–H groups in total. The standard InChI is InChI=1S/C13H16N4OS/c1-9(14)13-17-11(8-19-13)12(18)16-7-4-10-2-5-15-6-3-10/h2-3,5-6,8-9H,4,7,14H2,1H3,(H,16,18). The van der Waals surface area contributed by atoms with Gasteiger partial charge in [0.25, 0.3) is 5.91 Å². The molecular weight excluding hydrogens is 260 g/mol. The number of amides is 1. The molecule has 100 valence electrons. The number of aromatic nitrogens is 2. The van der Waals surface area contributed by atoms with Gasteiger partial charge in [0, 0.05) is 24.3 Å². The van der Waals surface area contributed by atoms with Crippen LogP contribution in [0.25, 0.3) is 0 Å². The van der Waals surface area contributed by atoms with E-state index in [1.807, 2.05) is 19.1 Å². The van der Waals surface area contributed by atoms with Crippen molar-refractivity contribution in [2.45, 2.75) is 19.4 Å². The smallest absolute Gasteiger partial charge is 0.270 e. The minimum atomic E-state index is -0.155. The maximum Gasteiger partial charge on any atom is 0.270 e. The molecule has 0 aromatic carbocycles. The second-order valence-corrected chi connectivity index (χ2v) is 5.11. The monoisotopic (exact) mass is 276 g/mol. The Kier molecular flexibility index (Phi) is 4.59. The molecular formula is C13H16N4OS. The number of carbonyl (C=O) groups is 1. The van der Waals surface area contributed by atoms with Gasteiger partial charge in [-0.1, -0.05) is 0 Å². The highest BCUT2D eigenvalue weighted by molar-refractivity contribution is 7.09. The van der Waals surface area contributed by atoms with Crippen LogP contribution in [0, 0.1) is 0 Å². The molecule has 0 aliphatic rings. The third-order valence-corrected chi connectivity index (χ3v) is 3.64. The first-order chi connectivity index (χ1) is 9.16. The Hall–Kier alpha value is -1.79. The molecule has 0 aliphatic heterocycles. The van der Waals surface area contributed by atoms with Crippen LogP contribution in [-0.4, -0.2) is 22.4 Å². The molecule has 2 aromatic heterocycles. The molecule has 0 saturated heterocycles. The number of pyridine rings is 1. The SMILES string of the molecule is CC(N)c1nc(C(=O)NCCc2ccncc2)cs1. The number of carbonyl (C=O) groups excluding carboxylic acids is 1. The van der Waals surface area contributed by atoms with Crippen LogP contribution in [0.2, 0.25) is 0 Å². The van der Waals surface area contributed by atoms with E-state index in [2.05, 4.69) is 15.3 Å². The highest BCUT2D eigenvalue weighted by Gasteiger charge is 2.11. The lowest BCUT2D eigenvalue weighted by Crippen LogP contribution is -2.26. The highest BCUT2D eigenvalue weighted by Crippen LogP contribution is 2.15. The van der Waals surface area contributed by atoms with Gasteiger partial charge in [-0.2, -0.15) is 0 Å². The van der Waals surface area contributed by atoms with Gasteiger partial charge in [-0.3, -0.25) is 9.78 Å². The van der Waals surface area contributed by atoms with Gasteiger partial charge in [0.1, 0.15) is 10.7 Å². The predicted molar refractivity (Wildman–Crippen MR) is 75.0 cm³/mol. The lowest BCUT2D eigenvalue weighted by Gasteiger charge is -2.03. The van der Waals surface area contributed by atoms with Crippen LogP contribution in [0.1, 0.15) is 34.0 Å². The van der Waals surface area contributed by atoms with Crippen LogP contribution >= 0.6 is 11.3 Å². The summed E-state index contributed by atoms with van der Waals surface area (Å²) in [4.78, 5) is 20.0. The summed E-state index contributed by atoms with van der Waals surface area (Å²) in [6.45, 7) is 2.43. The zero-order valence-electron chi connectivity index (χ0n) is 10.7. The third-order valence-electron chi connectivity index (χ3n) is 2.59. The van der Waals surface area contributed by atoms with Crippen LogP contribution in [-0.2, 0) is 6.42 Å². The quantitative estimate of drug-likeness (QED) is 0.867. The maximum absolute atomic E-state index is 11.9. The van der Waals surface area contributed by atoms with Crippen LogP contribution in [0.3, 0.4) is 0 Å². The highest BCUT2D eigenvalue weighted by atomic mass is 32.1. The number of rotatable bonds is 5. The van der Waals surface area contributed by atoms with Crippen molar-refractivity contribution in [3.05, 3.63) is 46.2 Å². The Bertz CT molecular complexity index is 539. The van der Waals surface area contributed by atoms with Crippen molar-refractivity contribution in [1.29, 1.82) is 0 Å². The molecule has 0 fully saturated rings. The second kappa shape index (κ2) is 6.40. The largest absolute Gasteiger partial charge is 0.350 e. The van der Waals surface area contributed by atoms with E-state index in [9.17, 15) is 4.79 Å². The third kappa shape index (κ3) is 3.84. The molecule has 0 saturated carbocycles. The van der Waals surface area contributed by atoms with E-state index < -0.39 is 0 Å². The lowest BCUT2D eigenvalue weighted by atomic mass is 10.2. The number of nitrogens with two attached hydrogens (primary N) is 1.